The lowest BCUT2D eigenvalue weighted by atomic mass is 9.73. The minimum absolute atomic E-state index is 0.687. The number of hydrogen-bond donors (Lipinski definition) is 1. The molecule has 20 heavy (non-hydrogen) atoms. The van der Waals surface area contributed by atoms with Gasteiger partial charge in [-0.15, -0.1) is 0 Å². The summed E-state index contributed by atoms with van der Waals surface area (Å²) in [5, 5.41) is 3.74. The highest BCUT2D eigenvalue weighted by Gasteiger charge is 2.32. The van der Waals surface area contributed by atoms with Crippen LogP contribution in [0.15, 0.2) is 0 Å². The molecule has 0 bridgehead atoms. The van der Waals surface area contributed by atoms with Gasteiger partial charge in [-0.05, 0) is 63.8 Å². The second-order valence-corrected chi connectivity index (χ2v) is 7.90. The van der Waals surface area contributed by atoms with E-state index in [2.05, 4.69) is 51.2 Å². The molecule has 1 rings (SSSR count). The SMILES string of the molecule is CCNC1CCC(C(C)C)CC1CN(C)C(C)CSC. The third kappa shape index (κ3) is 5.57. The number of thioether (sulfide) groups is 1. The van der Waals surface area contributed by atoms with Gasteiger partial charge in [0.2, 0.25) is 0 Å². The van der Waals surface area contributed by atoms with Crippen LogP contribution in [0.25, 0.3) is 0 Å². The normalized spacial score (nSPS) is 29.1. The van der Waals surface area contributed by atoms with Gasteiger partial charge in [0, 0.05) is 24.4 Å². The Bertz CT molecular complexity index is 257. The average molecular weight is 301 g/mol. The van der Waals surface area contributed by atoms with E-state index in [9.17, 15) is 0 Å². The Morgan fingerprint density at radius 2 is 1.95 bits per heavy atom. The van der Waals surface area contributed by atoms with E-state index in [-0.39, 0.29) is 0 Å². The molecule has 0 aromatic heterocycles. The standard InChI is InChI=1S/C17H36N2S/c1-7-18-17-9-8-15(13(2)3)10-16(17)11-19(5)14(4)12-20-6/h13-18H,7-12H2,1-6H3. The van der Waals surface area contributed by atoms with Crippen LogP contribution in [-0.4, -0.2) is 49.1 Å². The molecule has 0 radical (unpaired) electrons. The molecule has 0 heterocycles. The van der Waals surface area contributed by atoms with Gasteiger partial charge < -0.3 is 10.2 Å². The average Bonchev–Trinajstić information content (AvgIpc) is 2.40. The first kappa shape index (κ1) is 18.3. The van der Waals surface area contributed by atoms with E-state index in [4.69, 9.17) is 0 Å². The van der Waals surface area contributed by atoms with Crippen LogP contribution in [0.4, 0.5) is 0 Å². The summed E-state index contributed by atoms with van der Waals surface area (Å²) in [7, 11) is 2.31. The number of nitrogens with zero attached hydrogens (tertiary/aromatic N) is 1. The lowest BCUT2D eigenvalue weighted by molar-refractivity contribution is 0.122. The van der Waals surface area contributed by atoms with Crippen LogP contribution in [0.1, 0.15) is 47.0 Å². The largest absolute Gasteiger partial charge is 0.314 e. The molecule has 3 heteroatoms. The second-order valence-electron chi connectivity index (χ2n) is 6.99. The maximum atomic E-state index is 3.74. The van der Waals surface area contributed by atoms with Crippen LogP contribution in [-0.2, 0) is 0 Å². The van der Waals surface area contributed by atoms with Crippen LogP contribution in [0.3, 0.4) is 0 Å². The Morgan fingerprint density at radius 3 is 2.50 bits per heavy atom. The fourth-order valence-electron chi connectivity index (χ4n) is 3.56. The van der Waals surface area contributed by atoms with Crippen molar-refractivity contribution in [2.24, 2.45) is 17.8 Å². The van der Waals surface area contributed by atoms with Crippen molar-refractivity contribution in [3.8, 4) is 0 Å². The van der Waals surface area contributed by atoms with Gasteiger partial charge in [0.15, 0.2) is 0 Å². The fraction of sp³-hybridized carbons (Fsp3) is 1.00. The number of rotatable bonds is 8. The van der Waals surface area contributed by atoms with E-state index >= 15 is 0 Å². The van der Waals surface area contributed by atoms with Crippen molar-refractivity contribution in [2.45, 2.75) is 59.0 Å². The Hall–Kier alpha value is 0.270. The molecule has 0 aromatic carbocycles. The molecule has 4 unspecified atom stereocenters. The van der Waals surface area contributed by atoms with Gasteiger partial charge in [-0.25, -0.2) is 0 Å². The first-order valence-electron chi connectivity index (χ1n) is 8.42. The molecule has 0 amide bonds. The van der Waals surface area contributed by atoms with E-state index in [1.54, 1.807) is 0 Å². The van der Waals surface area contributed by atoms with Crippen LogP contribution >= 0.6 is 11.8 Å². The third-order valence-electron chi connectivity index (χ3n) is 5.11. The van der Waals surface area contributed by atoms with Crippen LogP contribution in [0.2, 0.25) is 0 Å². The van der Waals surface area contributed by atoms with Crippen molar-refractivity contribution in [3.63, 3.8) is 0 Å². The molecule has 0 spiro atoms. The molecule has 0 aromatic rings. The summed E-state index contributed by atoms with van der Waals surface area (Å²) in [5.74, 6) is 3.83. The molecule has 1 saturated carbocycles. The maximum absolute atomic E-state index is 3.74. The zero-order chi connectivity index (χ0) is 15.1. The van der Waals surface area contributed by atoms with Gasteiger partial charge in [-0.3, -0.25) is 0 Å². The van der Waals surface area contributed by atoms with E-state index in [1.807, 2.05) is 11.8 Å². The minimum Gasteiger partial charge on any atom is -0.314 e. The molecule has 4 atom stereocenters. The molecular weight excluding hydrogens is 264 g/mol. The molecule has 1 N–H and O–H groups in total. The lowest BCUT2D eigenvalue weighted by Gasteiger charge is -2.41. The Morgan fingerprint density at radius 1 is 1.25 bits per heavy atom. The molecule has 120 valence electrons. The van der Waals surface area contributed by atoms with Gasteiger partial charge >= 0.3 is 0 Å². The highest BCUT2D eigenvalue weighted by Crippen LogP contribution is 2.34. The summed E-state index contributed by atoms with van der Waals surface area (Å²) in [6, 6.07) is 1.42. The topological polar surface area (TPSA) is 15.3 Å². The van der Waals surface area contributed by atoms with Crippen molar-refractivity contribution >= 4 is 11.8 Å². The quantitative estimate of drug-likeness (QED) is 0.735. The van der Waals surface area contributed by atoms with Gasteiger partial charge in [-0.1, -0.05) is 20.8 Å². The molecule has 2 nitrogen and oxygen atoms in total. The van der Waals surface area contributed by atoms with Gasteiger partial charge in [0.25, 0.3) is 0 Å². The predicted octanol–water partition coefficient (Wildman–Crippen LogP) is 3.72. The van der Waals surface area contributed by atoms with Crippen molar-refractivity contribution < 1.29 is 0 Å². The molecule has 1 aliphatic rings. The van der Waals surface area contributed by atoms with E-state index in [0.717, 1.165) is 30.3 Å². The molecule has 1 fully saturated rings. The van der Waals surface area contributed by atoms with Crippen LogP contribution in [0.5, 0.6) is 0 Å². The summed E-state index contributed by atoms with van der Waals surface area (Å²) in [6.07, 6.45) is 6.40. The van der Waals surface area contributed by atoms with Crippen molar-refractivity contribution in [3.05, 3.63) is 0 Å². The first-order chi connectivity index (χ1) is 9.49. The van der Waals surface area contributed by atoms with Crippen molar-refractivity contribution in [1.29, 1.82) is 0 Å². The third-order valence-corrected chi connectivity index (χ3v) is 5.93. The maximum Gasteiger partial charge on any atom is 0.0155 e. The van der Waals surface area contributed by atoms with Crippen molar-refractivity contribution in [2.75, 3.05) is 32.1 Å². The van der Waals surface area contributed by atoms with Gasteiger partial charge in [-0.2, -0.15) is 11.8 Å². The summed E-state index contributed by atoms with van der Waals surface area (Å²) >= 11 is 1.96. The summed E-state index contributed by atoms with van der Waals surface area (Å²) in [4.78, 5) is 2.58. The Labute approximate surface area is 131 Å². The van der Waals surface area contributed by atoms with Gasteiger partial charge in [0.1, 0.15) is 0 Å². The summed E-state index contributed by atoms with van der Waals surface area (Å²) < 4.78 is 0. The second kappa shape index (κ2) is 9.32. The lowest BCUT2D eigenvalue weighted by Crippen LogP contribution is -2.47. The molecular formula is C17H36N2S. The minimum atomic E-state index is 0.687. The zero-order valence-electron chi connectivity index (χ0n) is 14.5. The highest BCUT2D eigenvalue weighted by atomic mass is 32.2. The monoisotopic (exact) mass is 300 g/mol. The zero-order valence-corrected chi connectivity index (χ0v) is 15.3. The van der Waals surface area contributed by atoms with Gasteiger partial charge in [0.05, 0.1) is 0 Å². The summed E-state index contributed by atoms with van der Waals surface area (Å²) in [6.45, 7) is 11.8. The van der Waals surface area contributed by atoms with Crippen LogP contribution < -0.4 is 5.32 Å². The molecule has 0 saturated heterocycles. The van der Waals surface area contributed by atoms with E-state index in [0.29, 0.717) is 6.04 Å². The number of hydrogen-bond acceptors (Lipinski definition) is 3. The Balaban J connectivity index is 2.59. The Kier molecular flexibility index (Phi) is 8.54. The highest BCUT2D eigenvalue weighted by molar-refractivity contribution is 7.98. The van der Waals surface area contributed by atoms with Crippen molar-refractivity contribution in [1.82, 2.24) is 10.2 Å². The van der Waals surface area contributed by atoms with E-state index in [1.165, 1.54) is 31.6 Å². The fourth-order valence-corrected chi connectivity index (χ4v) is 4.29. The predicted molar refractivity (Wildman–Crippen MR) is 93.6 cm³/mol. The summed E-state index contributed by atoms with van der Waals surface area (Å²) in [5.41, 5.74) is 0. The smallest absolute Gasteiger partial charge is 0.0155 e. The molecule has 0 aliphatic heterocycles. The molecule has 1 aliphatic carbocycles. The number of nitrogens with one attached hydrogen (secondary N) is 1. The first-order valence-corrected chi connectivity index (χ1v) is 9.81. The van der Waals surface area contributed by atoms with E-state index < -0.39 is 0 Å². The van der Waals surface area contributed by atoms with Crippen LogP contribution in [0, 0.1) is 17.8 Å².